The summed E-state index contributed by atoms with van der Waals surface area (Å²) in [5.74, 6) is 0.933. The molecule has 0 aliphatic rings. The third-order valence-corrected chi connectivity index (χ3v) is 5.37. The average Bonchev–Trinajstić information content (AvgIpc) is 3.05. The normalized spacial score (nSPS) is 11.1. The van der Waals surface area contributed by atoms with Crippen LogP contribution in [-0.2, 0) is 4.79 Å². The molecule has 5 nitrogen and oxygen atoms in total. The van der Waals surface area contributed by atoms with E-state index in [0.29, 0.717) is 6.61 Å². The van der Waals surface area contributed by atoms with Crippen LogP contribution in [0.25, 0.3) is 10.2 Å². The number of carbonyl (C=O) groups is 1. The number of nitrogens with one attached hydrogen (secondary N) is 1. The molecule has 1 heterocycles. The zero-order chi connectivity index (χ0) is 17.5. The van der Waals surface area contributed by atoms with Gasteiger partial charge in [-0.05, 0) is 48.9 Å². The lowest BCUT2D eigenvalue weighted by Gasteiger charge is -2.02. The molecule has 2 aromatic carbocycles. The summed E-state index contributed by atoms with van der Waals surface area (Å²) in [4.78, 5) is 16.4. The lowest BCUT2D eigenvalue weighted by molar-refractivity contribution is -0.118. The number of rotatable bonds is 7. The number of fused-ring (bicyclic) bond motifs is 1. The van der Waals surface area contributed by atoms with Gasteiger partial charge in [0.15, 0.2) is 4.34 Å². The Morgan fingerprint density at radius 2 is 2.08 bits per heavy atom. The number of carbonyl (C=O) groups excluding carboxylic acids is 1. The van der Waals surface area contributed by atoms with Gasteiger partial charge in [-0.3, -0.25) is 4.79 Å². The quantitative estimate of drug-likeness (QED) is 0.388. The first-order chi connectivity index (χ1) is 12.2. The number of ether oxygens (including phenoxy) is 1. The highest BCUT2D eigenvalue weighted by Gasteiger charge is 2.06. The minimum atomic E-state index is -0.161. The second kappa shape index (κ2) is 8.64. The van der Waals surface area contributed by atoms with Crippen LogP contribution < -0.4 is 10.2 Å². The number of thiazole rings is 1. The first-order valence-electron chi connectivity index (χ1n) is 7.78. The van der Waals surface area contributed by atoms with Gasteiger partial charge in [0.25, 0.3) is 5.91 Å². The van der Waals surface area contributed by atoms with E-state index in [4.69, 9.17) is 4.74 Å². The summed E-state index contributed by atoms with van der Waals surface area (Å²) in [5.41, 5.74) is 4.38. The zero-order valence-electron chi connectivity index (χ0n) is 13.6. The third-order valence-electron chi connectivity index (χ3n) is 3.19. The average molecular weight is 371 g/mol. The Labute approximate surface area is 154 Å². The van der Waals surface area contributed by atoms with Crippen LogP contribution in [0, 0.1) is 0 Å². The van der Waals surface area contributed by atoms with Crippen molar-refractivity contribution in [3.63, 3.8) is 0 Å². The van der Waals surface area contributed by atoms with Crippen molar-refractivity contribution >= 4 is 45.4 Å². The van der Waals surface area contributed by atoms with E-state index in [1.54, 1.807) is 17.6 Å². The number of hydrogen-bond donors (Lipinski definition) is 1. The van der Waals surface area contributed by atoms with Crippen LogP contribution in [0.15, 0.2) is 58.0 Å². The summed E-state index contributed by atoms with van der Waals surface area (Å²) in [5, 5.41) is 3.98. The van der Waals surface area contributed by atoms with Crippen molar-refractivity contribution in [1.29, 1.82) is 0 Å². The smallest absolute Gasteiger partial charge is 0.250 e. The molecule has 0 aliphatic carbocycles. The number of benzene rings is 2. The van der Waals surface area contributed by atoms with E-state index in [9.17, 15) is 4.79 Å². The zero-order valence-corrected chi connectivity index (χ0v) is 15.3. The van der Waals surface area contributed by atoms with Crippen LogP contribution in [-0.4, -0.2) is 29.5 Å². The summed E-state index contributed by atoms with van der Waals surface area (Å²) in [6, 6.07) is 15.4. The van der Waals surface area contributed by atoms with Crippen LogP contribution in [0.4, 0.5) is 0 Å². The number of aromatic nitrogens is 1. The molecular weight excluding hydrogens is 354 g/mol. The van der Waals surface area contributed by atoms with E-state index < -0.39 is 0 Å². The van der Waals surface area contributed by atoms with E-state index in [1.165, 1.54) is 11.8 Å². The fourth-order valence-electron chi connectivity index (χ4n) is 2.07. The molecule has 0 aliphatic heterocycles. The standard InChI is InChI=1S/C18H17N3O2S2/c1-2-23-14-9-7-13(8-10-14)11-19-21-17(22)12-24-18-20-15-5-3-4-6-16(15)25-18/h3-11H,2,12H2,1H3,(H,21,22)/b19-11-. The number of hydrazone groups is 1. The molecule has 1 N–H and O–H groups in total. The van der Waals surface area contributed by atoms with Gasteiger partial charge >= 0.3 is 0 Å². The lowest BCUT2D eigenvalue weighted by atomic mass is 10.2. The summed E-state index contributed by atoms with van der Waals surface area (Å²) in [6.45, 7) is 2.58. The maximum absolute atomic E-state index is 11.9. The van der Waals surface area contributed by atoms with Gasteiger partial charge in [-0.1, -0.05) is 23.9 Å². The topological polar surface area (TPSA) is 63.6 Å². The molecule has 0 bridgehead atoms. The summed E-state index contributed by atoms with van der Waals surface area (Å²) < 4.78 is 7.38. The van der Waals surface area contributed by atoms with E-state index in [1.807, 2.05) is 55.5 Å². The van der Waals surface area contributed by atoms with Crippen molar-refractivity contribution in [2.45, 2.75) is 11.3 Å². The summed E-state index contributed by atoms with van der Waals surface area (Å²) in [7, 11) is 0. The first-order valence-corrected chi connectivity index (χ1v) is 9.58. The Bertz CT molecular complexity index is 842. The Balaban J connectivity index is 1.47. The van der Waals surface area contributed by atoms with Crippen molar-refractivity contribution in [3.05, 3.63) is 54.1 Å². The molecule has 128 valence electrons. The van der Waals surface area contributed by atoms with Crippen LogP contribution >= 0.6 is 23.1 Å². The molecule has 25 heavy (non-hydrogen) atoms. The van der Waals surface area contributed by atoms with Crippen molar-refractivity contribution < 1.29 is 9.53 Å². The first kappa shape index (κ1) is 17.4. The van der Waals surface area contributed by atoms with Crippen LogP contribution in [0.3, 0.4) is 0 Å². The molecule has 0 radical (unpaired) electrons. The monoisotopic (exact) mass is 371 g/mol. The number of amides is 1. The van der Waals surface area contributed by atoms with Gasteiger partial charge in [0.2, 0.25) is 0 Å². The fourth-order valence-corrected chi connectivity index (χ4v) is 3.93. The highest BCUT2D eigenvalue weighted by atomic mass is 32.2. The Hall–Kier alpha value is -2.38. The molecule has 0 unspecified atom stereocenters. The molecule has 3 aromatic rings. The van der Waals surface area contributed by atoms with Gasteiger partial charge in [-0.25, -0.2) is 10.4 Å². The second-order valence-corrected chi connectivity index (χ2v) is 7.28. The van der Waals surface area contributed by atoms with Crippen molar-refractivity contribution in [3.8, 4) is 5.75 Å². The molecule has 0 atom stereocenters. The maximum Gasteiger partial charge on any atom is 0.250 e. The highest BCUT2D eigenvalue weighted by molar-refractivity contribution is 8.01. The van der Waals surface area contributed by atoms with E-state index in [-0.39, 0.29) is 11.7 Å². The van der Waals surface area contributed by atoms with Crippen molar-refractivity contribution in [2.24, 2.45) is 5.10 Å². The van der Waals surface area contributed by atoms with Crippen molar-refractivity contribution in [1.82, 2.24) is 10.4 Å². The number of thioether (sulfide) groups is 1. The van der Waals surface area contributed by atoms with Gasteiger partial charge < -0.3 is 4.74 Å². The largest absolute Gasteiger partial charge is 0.494 e. The lowest BCUT2D eigenvalue weighted by Crippen LogP contribution is -2.19. The van der Waals surface area contributed by atoms with Gasteiger partial charge in [-0.2, -0.15) is 5.10 Å². The van der Waals surface area contributed by atoms with Crippen LogP contribution in [0.5, 0.6) is 5.75 Å². The van der Waals surface area contributed by atoms with E-state index >= 15 is 0 Å². The molecular formula is C18H17N3O2S2. The Morgan fingerprint density at radius 3 is 2.84 bits per heavy atom. The SMILES string of the molecule is CCOc1ccc(/C=N\NC(=O)CSc2nc3ccccc3s2)cc1. The second-order valence-electron chi connectivity index (χ2n) is 5.03. The highest BCUT2D eigenvalue weighted by Crippen LogP contribution is 2.28. The molecule has 3 rings (SSSR count). The molecule has 7 heteroatoms. The number of hydrogen-bond acceptors (Lipinski definition) is 6. The molecule has 1 amide bonds. The molecule has 0 saturated heterocycles. The van der Waals surface area contributed by atoms with Gasteiger partial charge in [0.05, 0.1) is 28.8 Å². The fraction of sp³-hybridized carbons (Fsp3) is 0.167. The van der Waals surface area contributed by atoms with Gasteiger partial charge in [0, 0.05) is 0 Å². The summed E-state index contributed by atoms with van der Waals surface area (Å²) in [6.07, 6.45) is 1.61. The molecule has 0 saturated carbocycles. The number of para-hydroxylation sites is 1. The van der Waals surface area contributed by atoms with E-state index in [2.05, 4.69) is 15.5 Å². The summed E-state index contributed by atoms with van der Waals surface area (Å²) >= 11 is 3.00. The minimum absolute atomic E-state index is 0.161. The van der Waals surface area contributed by atoms with Gasteiger partial charge in [0.1, 0.15) is 5.75 Å². The van der Waals surface area contributed by atoms with Gasteiger partial charge in [-0.15, -0.1) is 11.3 Å². The van der Waals surface area contributed by atoms with Crippen LogP contribution in [0.1, 0.15) is 12.5 Å². The Kier molecular flexibility index (Phi) is 6.03. The predicted molar refractivity (Wildman–Crippen MR) is 104 cm³/mol. The molecule has 0 fully saturated rings. The van der Waals surface area contributed by atoms with Crippen molar-refractivity contribution in [2.75, 3.05) is 12.4 Å². The third kappa shape index (κ3) is 5.04. The molecule has 1 aromatic heterocycles. The minimum Gasteiger partial charge on any atom is -0.494 e. The van der Waals surface area contributed by atoms with E-state index in [0.717, 1.165) is 25.9 Å². The maximum atomic E-state index is 11.9. The Morgan fingerprint density at radius 1 is 1.28 bits per heavy atom. The van der Waals surface area contributed by atoms with Crippen LogP contribution in [0.2, 0.25) is 0 Å². The molecule has 0 spiro atoms. The number of nitrogens with zero attached hydrogens (tertiary/aromatic N) is 2. The predicted octanol–water partition coefficient (Wildman–Crippen LogP) is 3.94.